The number of benzene rings is 1. The Bertz CT molecular complexity index is 555. The molecule has 106 valence electrons. The van der Waals surface area contributed by atoms with Crippen LogP contribution in [0.3, 0.4) is 0 Å². The van der Waals surface area contributed by atoms with Crippen LogP contribution in [0.1, 0.15) is 25.1 Å². The van der Waals surface area contributed by atoms with E-state index in [4.69, 9.17) is 4.74 Å². The summed E-state index contributed by atoms with van der Waals surface area (Å²) in [6.07, 6.45) is 3.40. The monoisotopic (exact) mass is 273 g/mol. The fourth-order valence-electron chi connectivity index (χ4n) is 2.49. The summed E-state index contributed by atoms with van der Waals surface area (Å²) in [5.74, 6) is 0.900. The van der Waals surface area contributed by atoms with Crippen molar-refractivity contribution in [2.45, 2.75) is 31.8 Å². The second-order valence-electron chi connectivity index (χ2n) is 5.10. The predicted octanol–water partition coefficient (Wildman–Crippen LogP) is 1.79. The largest absolute Gasteiger partial charge is 0.368 e. The van der Waals surface area contributed by atoms with Crippen LogP contribution in [-0.2, 0) is 16.0 Å². The normalized spacial score (nSPS) is 19.1. The van der Waals surface area contributed by atoms with Gasteiger partial charge >= 0.3 is 0 Å². The number of amides is 1. The number of carbonyl (C=O) groups excluding carboxylic acids is 1. The molecule has 0 radical (unpaired) electrons. The van der Waals surface area contributed by atoms with Gasteiger partial charge in [0.15, 0.2) is 0 Å². The van der Waals surface area contributed by atoms with Crippen molar-refractivity contribution in [1.82, 2.24) is 15.3 Å². The van der Waals surface area contributed by atoms with Crippen LogP contribution < -0.4 is 5.32 Å². The van der Waals surface area contributed by atoms with Crippen molar-refractivity contribution in [3.05, 3.63) is 30.1 Å². The molecule has 2 heterocycles. The van der Waals surface area contributed by atoms with E-state index in [9.17, 15) is 4.79 Å². The number of ether oxygens (including phenoxy) is 1. The standard InChI is InChI=1S/C15H19N3O2/c19-15(13-7-3-4-10-20-13)16-9-8-14-17-11-5-1-2-6-12(11)18-14/h1-2,5-6,13H,3-4,7-10H2,(H,16,19)(H,17,18). The molecule has 1 aromatic carbocycles. The lowest BCUT2D eigenvalue weighted by Gasteiger charge is -2.21. The Morgan fingerprint density at radius 2 is 2.30 bits per heavy atom. The number of hydrogen-bond donors (Lipinski definition) is 2. The van der Waals surface area contributed by atoms with Crippen LogP contribution in [0.25, 0.3) is 11.0 Å². The van der Waals surface area contributed by atoms with Gasteiger partial charge in [-0.05, 0) is 31.4 Å². The summed E-state index contributed by atoms with van der Waals surface area (Å²) in [7, 11) is 0. The first kappa shape index (κ1) is 13.1. The second-order valence-corrected chi connectivity index (χ2v) is 5.10. The van der Waals surface area contributed by atoms with Gasteiger partial charge < -0.3 is 15.0 Å². The van der Waals surface area contributed by atoms with Crippen molar-refractivity contribution in [1.29, 1.82) is 0 Å². The van der Waals surface area contributed by atoms with Gasteiger partial charge in [-0.2, -0.15) is 0 Å². The molecule has 1 fully saturated rings. The number of nitrogens with one attached hydrogen (secondary N) is 2. The molecule has 20 heavy (non-hydrogen) atoms. The molecule has 2 N–H and O–H groups in total. The van der Waals surface area contributed by atoms with Gasteiger partial charge in [-0.25, -0.2) is 4.98 Å². The molecule has 1 aromatic heterocycles. The molecule has 5 heteroatoms. The number of H-pyrrole nitrogens is 1. The molecule has 1 aliphatic heterocycles. The number of aromatic amines is 1. The number of imidazole rings is 1. The highest BCUT2D eigenvalue weighted by Gasteiger charge is 2.21. The maximum Gasteiger partial charge on any atom is 0.249 e. The zero-order valence-corrected chi connectivity index (χ0v) is 11.4. The number of fused-ring (bicyclic) bond motifs is 1. The van der Waals surface area contributed by atoms with Gasteiger partial charge in [0.1, 0.15) is 11.9 Å². The van der Waals surface area contributed by atoms with Crippen molar-refractivity contribution in [3.63, 3.8) is 0 Å². The molecule has 3 rings (SSSR count). The minimum Gasteiger partial charge on any atom is -0.368 e. The summed E-state index contributed by atoms with van der Waals surface area (Å²) in [5, 5.41) is 2.92. The quantitative estimate of drug-likeness (QED) is 0.892. The minimum atomic E-state index is -0.264. The maximum atomic E-state index is 11.9. The van der Waals surface area contributed by atoms with Crippen LogP contribution in [0.15, 0.2) is 24.3 Å². The zero-order chi connectivity index (χ0) is 13.8. The molecule has 0 saturated carbocycles. The smallest absolute Gasteiger partial charge is 0.249 e. The van der Waals surface area contributed by atoms with E-state index in [0.29, 0.717) is 19.6 Å². The Kier molecular flexibility index (Phi) is 3.97. The van der Waals surface area contributed by atoms with E-state index in [2.05, 4.69) is 15.3 Å². The molecular formula is C15H19N3O2. The highest BCUT2D eigenvalue weighted by atomic mass is 16.5. The van der Waals surface area contributed by atoms with E-state index < -0.39 is 0 Å². The third-order valence-electron chi connectivity index (χ3n) is 3.57. The topological polar surface area (TPSA) is 67.0 Å². The van der Waals surface area contributed by atoms with Crippen LogP contribution in [0.4, 0.5) is 0 Å². The Morgan fingerprint density at radius 1 is 1.40 bits per heavy atom. The molecule has 0 aliphatic carbocycles. The summed E-state index contributed by atoms with van der Waals surface area (Å²) >= 11 is 0. The van der Waals surface area contributed by atoms with Crippen LogP contribution in [0, 0.1) is 0 Å². The number of carbonyl (C=O) groups is 1. The van der Waals surface area contributed by atoms with Crippen molar-refractivity contribution in [3.8, 4) is 0 Å². The highest BCUT2D eigenvalue weighted by Crippen LogP contribution is 2.13. The zero-order valence-electron chi connectivity index (χ0n) is 11.4. The average Bonchev–Trinajstić information content (AvgIpc) is 2.90. The van der Waals surface area contributed by atoms with Crippen molar-refractivity contribution in [2.75, 3.05) is 13.2 Å². The van der Waals surface area contributed by atoms with Crippen LogP contribution in [0.2, 0.25) is 0 Å². The molecule has 1 amide bonds. The van der Waals surface area contributed by atoms with Gasteiger partial charge in [0.2, 0.25) is 5.91 Å². The van der Waals surface area contributed by atoms with Gasteiger partial charge in [-0.3, -0.25) is 4.79 Å². The van der Waals surface area contributed by atoms with Gasteiger partial charge in [0.25, 0.3) is 0 Å². The van der Waals surface area contributed by atoms with E-state index in [1.807, 2.05) is 24.3 Å². The summed E-state index contributed by atoms with van der Waals surface area (Å²) in [6, 6.07) is 7.92. The number of aromatic nitrogens is 2. The predicted molar refractivity (Wildman–Crippen MR) is 76.4 cm³/mol. The second kappa shape index (κ2) is 6.05. The van der Waals surface area contributed by atoms with Crippen molar-refractivity contribution >= 4 is 16.9 Å². The number of rotatable bonds is 4. The summed E-state index contributed by atoms with van der Waals surface area (Å²) < 4.78 is 5.46. The van der Waals surface area contributed by atoms with Gasteiger partial charge in [0, 0.05) is 19.6 Å². The van der Waals surface area contributed by atoms with Gasteiger partial charge in [0.05, 0.1) is 11.0 Å². The average molecular weight is 273 g/mol. The third kappa shape index (κ3) is 2.99. The first-order valence-electron chi connectivity index (χ1n) is 7.16. The fourth-order valence-corrected chi connectivity index (χ4v) is 2.49. The van der Waals surface area contributed by atoms with Crippen LogP contribution in [0.5, 0.6) is 0 Å². The molecule has 1 unspecified atom stereocenters. The number of hydrogen-bond acceptors (Lipinski definition) is 3. The molecule has 2 aromatic rings. The maximum absolute atomic E-state index is 11.9. The van der Waals surface area contributed by atoms with Crippen LogP contribution >= 0.6 is 0 Å². The lowest BCUT2D eigenvalue weighted by atomic mass is 10.1. The van der Waals surface area contributed by atoms with Crippen molar-refractivity contribution < 1.29 is 9.53 Å². The van der Waals surface area contributed by atoms with Gasteiger partial charge in [-0.1, -0.05) is 12.1 Å². The first-order valence-corrected chi connectivity index (χ1v) is 7.16. The molecule has 0 bridgehead atoms. The molecule has 1 saturated heterocycles. The number of nitrogens with zero attached hydrogens (tertiary/aromatic N) is 1. The lowest BCUT2D eigenvalue weighted by molar-refractivity contribution is -0.135. The molecule has 0 spiro atoms. The first-order chi connectivity index (χ1) is 9.83. The van der Waals surface area contributed by atoms with E-state index in [1.165, 1.54) is 0 Å². The number of para-hydroxylation sites is 2. The summed E-state index contributed by atoms with van der Waals surface area (Å²) in [5.41, 5.74) is 1.99. The third-order valence-corrected chi connectivity index (χ3v) is 3.57. The minimum absolute atomic E-state index is 0.000751. The highest BCUT2D eigenvalue weighted by molar-refractivity contribution is 5.80. The van der Waals surface area contributed by atoms with Crippen molar-refractivity contribution in [2.24, 2.45) is 0 Å². The summed E-state index contributed by atoms with van der Waals surface area (Å²) in [4.78, 5) is 19.6. The van der Waals surface area contributed by atoms with E-state index in [-0.39, 0.29) is 12.0 Å². The van der Waals surface area contributed by atoms with E-state index in [0.717, 1.165) is 36.1 Å². The molecule has 5 nitrogen and oxygen atoms in total. The Labute approximate surface area is 117 Å². The Balaban J connectivity index is 1.50. The molecular weight excluding hydrogens is 254 g/mol. The summed E-state index contributed by atoms with van der Waals surface area (Å²) in [6.45, 7) is 1.28. The SMILES string of the molecule is O=C(NCCc1nc2ccccc2[nH]1)C1CCCCO1. The Hall–Kier alpha value is -1.88. The van der Waals surface area contributed by atoms with E-state index in [1.54, 1.807) is 0 Å². The van der Waals surface area contributed by atoms with Gasteiger partial charge in [-0.15, -0.1) is 0 Å². The van der Waals surface area contributed by atoms with E-state index >= 15 is 0 Å². The lowest BCUT2D eigenvalue weighted by Crippen LogP contribution is -2.39. The van der Waals surface area contributed by atoms with Crippen LogP contribution in [-0.4, -0.2) is 35.1 Å². The molecule has 1 aliphatic rings. The fraction of sp³-hybridized carbons (Fsp3) is 0.467. The molecule has 1 atom stereocenters. The Morgan fingerprint density at radius 3 is 3.10 bits per heavy atom.